The lowest BCUT2D eigenvalue weighted by Gasteiger charge is -2.35. The molecule has 2 N–H and O–H groups in total. The van der Waals surface area contributed by atoms with Gasteiger partial charge in [-0.3, -0.25) is 4.90 Å². The molecule has 0 bridgehead atoms. The van der Waals surface area contributed by atoms with Gasteiger partial charge in [0.2, 0.25) is 0 Å². The molecule has 1 heterocycles. The number of rotatable bonds is 3. The summed E-state index contributed by atoms with van der Waals surface area (Å²) in [5.74, 6) is 0.836. The van der Waals surface area contributed by atoms with Crippen molar-refractivity contribution in [3.05, 3.63) is 0 Å². The van der Waals surface area contributed by atoms with Crippen molar-refractivity contribution in [3.63, 3.8) is 0 Å². The molecule has 0 saturated carbocycles. The molecule has 76 valence electrons. The van der Waals surface area contributed by atoms with E-state index in [4.69, 9.17) is 18.0 Å². The van der Waals surface area contributed by atoms with Crippen LogP contribution in [0.2, 0.25) is 0 Å². The zero-order chi connectivity index (χ0) is 9.84. The largest absolute Gasteiger partial charge is 0.393 e. The summed E-state index contributed by atoms with van der Waals surface area (Å²) in [6.07, 6.45) is 3.56. The summed E-state index contributed by atoms with van der Waals surface area (Å²) in [7, 11) is 0. The van der Waals surface area contributed by atoms with Crippen LogP contribution in [-0.4, -0.2) is 29.0 Å². The maximum atomic E-state index is 5.54. The van der Waals surface area contributed by atoms with Gasteiger partial charge < -0.3 is 5.73 Å². The lowest BCUT2D eigenvalue weighted by Crippen LogP contribution is -2.42. The van der Waals surface area contributed by atoms with Crippen LogP contribution in [0, 0.1) is 5.92 Å². The zero-order valence-corrected chi connectivity index (χ0v) is 9.44. The van der Waals surface area contributed by atoms with Crippen molar-refractivity contribution in [2.75, 3.05) is 13.1 Å². The molecule has 0 amide bonds. The van der Waals surface area contributed by atoms with Crippen LogP contribution in [-0.2, 0) is 0 Å². The first-order valence-electron chi connectivity index (χ1n) is 5.12. The molecule has 1 saturated heterocycles. The Bertz CT molecular complexity index is 182. The van der Waals surface area contributed by atoms with Crippen molar-refractivity contribution in [3.8, 4) is 0 Å². The van der Waals surface area contributed by atoms with Crippen molar-refractivity contribution >= 4 is 17.2 Å². The van der Waals surface area contributed by atoms with E-state index in [1.165, 1.54) is 25.9 Å². The highest BCUT2D eigenvalue weighted by atomic mass is 32.1. The summed E-state index contributed by atoms with van der Waals surface area (Å²) in [6.45, 7) is 6.97. The number of hydrogen-bond donors (Lipinski definition) is 1. The van der Waals surface area contributed by atoms with Crippen LogP contribution in [0.4, 0.5) is 0 Å². The van der Waals surface area contributed by atoms with Gasteiger partial charge in [0.15, 0.2) is 0 Å². The molecule has 1 aliphatic rings. The van der Waals surface area contributed by atoms with E-state index in [0.717, 1.165) is 12.3 Å². The minimum Gasteiger partial charge on any atom is -0.393 e. The van der Waals surface area contributed by atoms with Gasteiger partial charge in [-0.05, 0) is 32.2 Å². The molecule has 1 aliphatic heterocycles. The van der Waals surface area contributed by atoms with Gasteiger partial charge in [-0.1, -0.05) is 19.1 Å². The van der Waals surface area contributed by atoms with E-state index in [2.05, 4.69) is 18.7 Å². The number of hydrogen-bond acceptors (Lipinski definition) is 2. The molecular weight excluding hydrogens is 180 g/mol. The van der Waals surface area contributed by atoms with Crippen LogP contribution >= 0.6 is 12.2 Å². The molecule has 1 fully saturated rings. The SMILES string of the molecule is CC1CCCN(C(C)CC(N)=S)C1. The topological polar surface area (TPSA) is 29.3 Å². The van der Waals surface area contributed by atoms with Crippen LogP contribution in [0.25, 0.3) is 0 Å². The highest BCUT2D eigenvalue weighted by Crippen LogP contribution is 2.18. The van der Waals surface area contributed by atoms with Crippen LogP contribution in [0.3, 0.4) is 0 Å². The van der Waals surface area contributed by atoms with Crippen molar-refractivity contribution in [2.24, 2.45) is 11.7 Å². The Hall–Kier alpha value is -0.150. The standard InChI is InChI=1S/C10H20N2S/c1-8-4-3-5-12(7-8)9(2)6-10(11)13/h8-9H,3-7H2,1-2H3,(H2,11,13). The van der Waals surface area contributed by atoms with Gasteiger partial charge in [-0.2, -0.15) is 0 Å². The predicted molar refractivity (Wildman–Crippen MR) is 60.8 cm³/mol. The van der Waals surface area contributed by atoms with Crippen LogP contribution in [0.15, 0.2) is 0 Å². The van der Waals surface area contributed by atoms with Crippen molar-refractivity contribution in [2.45, 2.75) is 39.2 Å². The Balaban J connectivity index is 2.36. The number of nitrogens with two attached hydrogens (primary N) is 1. The summed E-state index contributed by atoms with van der Waals surface area (Å²) < 4.78 is 0. The second-order valence-electron chi connectivity index (χ2n) is 4.26. The molecule has 2 unspecified atom stereocenters. The van der Waals surface area contributed by atoms with E-state index in [9.17, 15) is 0 Å². The van der Waals surface area contributed by atoms with Gasteiger partial charge in [-0.25, -0.2) is 0 Å². The van der Waals surface area contributed by atoms with E-state index >= 15 is 0 Å². The summed E-state index contributed by atoms with van der Waals surface area (Å²) >= 11 is 4.92. The van der Waals surface area contributed by atoms with Crippen LogP contribution in [0.5, 0.6) is 0 Å². The molecule has 1 rings (SSSR count). The third-order valence-electron chi connectivity index (χ3n) is 2.81. The molecule has 0 spiro atoms. The molecule has 2 atom stereocenters. The molecule has 3 heteroatoms. The van der Waals surface area contributed by atoms with Gasteiger partial charge in [0.1, 0.15) is 0 Å². The van der Waals surface area contributed by atoms with E-state index in [0.29, 0.717) is 11.0 Å². The zero-order valence-electron chi connectivity index (χ0n) is 8.62. The number of thiocarbonyl (C=S) groups is 1. The predicted octanol–water partition coefficient (Wildman–Crippen LogP) is 1.78. The Morgan fingerprint density at radius 1 is 1.69 bits per heavy atom. The van der Waals surface area contributed by atoms with Crippen LogP contribution < -0.4 is 5.73 Å². The van der Waals surface area contributed by atoms with E-state index in [1.54, 1.807) is 0 Å². The van der Waals surface area contributed by atoms with E-state index in [-0.39, 0.29) is 0 Å². The van der Waals surface area contributed by atoms with Gasteiger partial charge >= 0.3 is 0 Å². The molecule has 0 aromatic rings. The van der Waals surface area contributed by atoms with Crippen molar-refractivity contribution in [1.82, 2.24) is 4.90 Å². The second kappa shape index (κ2) is 4.91. The third-order valence-corrected chi connectivity index (χ3v) is 2.98. The number of nitrogens with zero attached hydrogens (tertiary/aromatic N) is 1. The third kappa shape index (κ3) is 3.61. The second-order valence-corrected chi connectivity index (χ2v) is 4.79. The highest BCUT2D eigenvalue weighted by molar-refractivity contribution is 7.80. The Morgan fingerprint density at radius 2 is 2.38 bits per heavy atom. The number of piperidine rings is 1. The minimum absolute atomic E-state index is 0.528. The quantitative estimate of drug-likeness (QED) is 0.704. The molecule has 0 aliphatic carbocycles. The summed E-state index contributed by atoms with van der Waals surface area (Å²) in [6, 6.07) is 0.528. The molecule has 0 radical (unpaired) electrons. The average Bonchev–Trinajstić information content (AvgIpc) is 2.03. The van der Waals surface area contributed by atoms with Crippen molar-refractivity contribution < 1.29 is 0 Å². The maximum absolute atomic E-state index is 5.54. The fourth-order valence-corrected chi connectivity index (χ4v) is 2.29. The Morgan fingerprint density at radius 3 is 2.92 bits per heavy atom. The first kappa shape index (κ1) is 10.9. The van der Waals surface area contributed by atoms with Crippen LogP contribution in [0.1, 0.15) is 33.1 Å². The molecule has 0 aromatic carbocycles. The van der Waals surface area contributed by atoms with Gasteiger partial charge in [0.25, 0.3) is 0 Å². The first-order valence-corrected chi connectivity index (χ1v) is 5.52. The summed E-state index contributed by atoms with van der Waals surface area (Å²) in [4.78, 5) is 3.15. The highest BCUT2D eigenvalue weighted by Gasteiger charge is 2.20. The Labute approximate surface area is 86.5 Å². The van der Waals surface area contributed by atoms with Crippen molar-refractivity contribution in [1.29, 1.82) is 0 Å². The Kier molecular flexibility index (Phi) is 4.13. The fourth-order valence-electron chi connectivity index (χ4n) is 2.05. The first-order chi connectivity index (χ1) is 6.09. The van der Waals surface area contributed by atoms with Gasteiger partial charge in [0.05, 0.1) is 4.99 Å². The van der Waals surface area contributed by atoms with E-state index in [1.807, 2.05) is 0 Å². The summed E-state index contributed by atoms with van der Waals surface area (Å²) in [5.41, 5.74) is 5.54. The van der Waals surface area contributed by atoms with Gasteiger partial charge in [-0.15, -0.1) is 0 Å². The lowest BCUT2D eigenvalue weighted by molar-refractivity contribution is 0.142. The molecule has 13 heavy (non-hydrogen) atoms. The molecule has 0 aromatic heterocycles. The average molecular weight is 200 g/mol. The maximum Gasteiger partial charge on any atom is 0.0742 e. The fraction of sp³-hybridized carbons (Fsp3) is 0.900. The normalized spacial score (nSPS) is 27.1. The van der Waals surface area contributed by atoms with Gasteiger partial charge in [0, 0.05) is 19.0 Å². The van der Waals surface area contributed by atoms with E-state index < -0.39 is 0 Å². The smallest absolute Gasteiger partial charge is 0.0742 e. The minimum atomic E-state index is 0.528. The monoisotopic (exact) mass is 200 g/mol. The molecule has 2 nitrogen and oxygen atoms in total. The lowest BCUT2D eigenvalue weighted by atomic mass is 9.98. The number of likely N-dealkylation sites (tertiary alicyclic amines) is 1. The molecular formula is C10H20N2S. The summed E-state index contributed by atoms with van der Waals surface area (Å²) in [5, 5.41) is 0.